The molecule has 0 bridgehead atoms. The second-order valence-electron chi connectivity index (χ2n) is 2.77. The molecule has 0 radical (unpaired) electrons. The third-order valence-electron chi connectivity index (χ3n) is 1.58. The molecule has 1 aromatic rings. The molecule has 1 rings (SSSR count). The maximum absolute atomic E-state index is 11.1. The first-order chi connectivity index (χ1) is 7.22. The van der Waals surface area contributed by atoms with E-state index in [2.05, 4.69) is 11.2 Å². The number of rotatable bonds is 4. The molecule has 0 aliphatic rings. The zero-order valence-corrected chi connectivity index (χ0v) is 8.06. The van der Waals surface area contributed by atoms with Crippen LogP contribution in [0.4, 0.5) is 0 Å². The Morgan fingerprint density at radius 1 is 1.60 bits per heavy atom. The normalized spacial score (nSPS) is 9.00. The van der Waals surface area contributed by atoms with E-state index >= 15 is 0 Å². The van der Waals surface area contributed by atoms with Crippen molar-refractivity contribution in [3.05, 3.63) is 24.3 Å². The lowest BCUT2D eigenvalue weighted by molar-refractivity contribution is -0.122. The molecule has 15 heavy (non-hydrogen) atoms. The van der Waals surface area contributed by atoms with Gasteiger partial charge in [0.05, 0.1) is 6.54 Å². The number of ether oxygens (including phenoxy) is 1. The number of aromatic hydroxyl groups is 1. The van der Waals surface area contributed by atoms with E-state index in [0.29, 0.717) is 5.75 Å². The number of carbonyl (C=O) groups is 1. The zero-order valence-electron chi connectivity index (χ0n) is 8.06. The summed E-state index contributed by atoms with van der Waals surface area (Å²) in [5.41, 5.74) is 0. The molecule has 0 aromatic heterocycles. The predicted molar refractivity (Wildman–Crippen MR) is 55.4 cm³/mol. The van der Waals surface area contributed by atoms with Crippen LogP contribution in [0.2, 0.25) is 0 Å². The summed E-state index contributed by atoms with van der Waals surface area (Å²) in [5, 5.41) is 11.6. The molecule has 0 saturated heterocycles. The molecular formula is C11H11NO3. The van der Waals surface area contributed by atoms with Crippen molar-refractivity contribution in [2.75, 3.05) is 13.2 Å². The summed E-state index contributed by atoms with van der Waals surface area (Å²) in [6.45, 7) is 0.0629. The second-order valence-corrected chi connectivity index (χ2v) is 2.77. The fourth-order valence-corrected chi connectivity index (χ4v) is 0.923. The standard InChI is InChI=1S/C11H11NO3/c1-2-6-12-11(14)8-15-10-5-3-4-9(13)7-10/h1,3-5,7,13H,6,8H2,(H,12,14). The third kappa shape index (κ3) is 4.05. The van der Waals surface area contributed by atoms with Crippen molar-refractivity contribution in [2.45, 2.75) is 0 Å². The lowest BCUT2D eigenvalue weighted by atomic mass is 10.3. The van der Waals surface area contributed by atoms with Crippen LogP contribution in [0.1, 0.15) is 0 Å². The predicted octanol–water partition coefficient (Wildman–Crippen LogP) is 0.520. The first kappa shape index (κ1) is 10.9. The summed E-state index contributed by atoms with van der Waals surface area (Å²) in [5.74, 6) is 2.51. The van der Waals surface area contributed by atoms with Gasteiger partial charge in [-0.2, -0.15) is 0 Å². The quantitative estimate of drug-likeness (QED) is 0.704. The van der Waals surface area contributed by atoms with E-state index in [9.17, 15) is 4.79 Å². The summed E-state index contributed by atoms with van der Waals surface area (Å²) in [6, 6.07) is 6.22. The van der Waals surface area contributed by atoms with Gasteiger partial charge in [-0.05, 0) is 12.1 Å². The number of hydrogen-bond donors (Lipinski definition) is 2. The van der Waals surface area contributed by atoms with Crippen LogP contribution >= 0.6 is 0 Å². The first-order valence-corrected chi connectivity index (χ1v) is 4.34. The van der Waals surface area contributed by atoms with E-state index in [0.717, 1.165) is 0 Å². The molecule has 0 heterocycles. The molecule has 1 aromatic carbocycles. The summed E-state index contributed by atoms with van der Waals surface area (Å²) < 4.78 is 5.11. The van der Waals surface area contributed by atoms with E-state index in [-0.39, 0.29) is 24.8 Å². The average Bonchev–Trinajstić information content (AvgIpc) is 2.23. The van der Waals surface area contributed by atoms with Gasteiger partial charge in [-0.3, -0.25) is 4.79 Å². The summed E-state index contributed by atoms with van der Waals surface area (Å²) in [4.78, 5) is 11.1. The number of carbonyl (C=O) groups excluding carboxylic acids is 1. The number of amides is 1. The maximum Gasteiger partial charge on any atom is 0.258 e. The topological polar surface area (TPSA) is 58.6 Å². The average molecular weight is 205 g/mol. The van der Waals surface area contributed by atoms with Crippen LogP contribution in [-0.2, 0) is 4.79 Å². The van der Waals surface area contributed by atoms with Crippen LogP contribution in [0, 0.1) is 12.3 Å². The SMILES string of the molecule is C#CCNC(=O)COc1cccc(O)c1. The van der Waals surface area contributed by atoms with Crippen molar-refractivity contribution in [1.82, 2.24) is 5.32 Å². The Bertz CT molecular complexity index is 382. The Morgan fingerprint density at radius 3 is 3.07 bits per heavy atom. The van der Waals surface area contributed by atoms with Gasteiger partial charge in [-0.15, -0.1) is 6.42 Å². The molecular weight excluding hydrogens is 194 g/mol. The Balaban J connectivity index is 2.37. The van der Waals surface area contributed by atoms with Crippen molar-refractivity contribution in [3.8, 4) is 23.8 Å². The minimum absolute atomic E-state index is 0.0940. The van der Waals surface area contributed by atoms with E-state index in [1.54, 1.807) is 12.1 Å². The van der Waals surface area contributed by atoms with Gasteiger partial charge in [0.1, 0.15) is 11.5 Å². The van der Waals surface area contributed by atoms with Crippen LogP contribution in [0.3, 0.4) is 0 Å². The highest BCUT2D eigenvalue weighted by atomic mass is 16.5. The molecule has 2 N–H and O–H groups in total. The first-order valence-electron chi connectivity index (χ1n) is 4.34. The zero-order chi connectivity index (χ0) is 11.1. The van der Waals surface area contributed by atoms with Crippen molar-refractivity contribution >= 4 is 5.91 Å². The highest BCUT2D eigenvalue weighted by Crippen LogP contribution is 2.17. The van der Waals surface area contributed by atoms with E-state index in [4.69, 9.17) is 16.3 Å². The molecule has 0 atom stereocenters. The lowest BCUT2D eigenvalue weighted by Crippen LogP contribution is -2.28. The summed E-state index contributed by atoms with van der Waals surface area (Å²) >= 11 is 0. The smallest absolute Gasteiger partial charge is 0.258 e. The lowest BCUT2D eigenvalue weighted by Gasteiger charge is -2.05. The molecule has 0 saturated carbocycles. The Kier molecular flexibility index (Phi) is 4.05. The maximum atomic E-state index is 11.1. The van der Waals surface area contributed by atoms with Gasteiger partial charge in [0.15, 0.2) is 6.61 Å². The van der Waals surface area contributed by atoms with Gasteiger partial charge in [0, 0.05) is 6.07 Å². The van der Waals surface area contributed by atoms with Crippen molar-refractivity contribution in [3.63, 3.8) is 0 Å². The summed E-state index contributed by atoms with van der Waals surface area (Å²) in [6.07, 6.45) is 4.97. The molecule has 0 aliphatic heterocycles. The van der Waals surface area contributed by atoms with Crippen LogP contribution in [-0.4, -0.2) is 24.2 Å². The Labute approximate surface area is 87.9 Å². The summed E-state index contributed by atoms with van der Waals surface area (Å²) in [7, 11) is 0. The molecule has 0 fully saturated rings. The van der Waals surface area contributed by atoms with Crippen LogP contribution < -0.4 is 10.1 Å². The van der Waals surface area contributed by atoms with E-state index < -0.39 is 0 Å². The van der Waals surface area contributed by atoms with Gasteiger partial charge < -0.3 is 15.2 Å². The van der Waals surface area contributed by atoms with Gasteiger partial charge in [-0.1, -0.05) is 12.0 Å². The van der Waals surface area contributed by atoms with Crippen molar-refractivity contribution in [1.29, 1.82) is 0 Å². The number of phenols is 1. The highest BCUT2D eigenvalue weighted by molar-refractivity contribution is 5.77. The fourth-order valence-electron chi connectivity index (χ4n) is 0.923. The molecule has 0 aliphatic carbocycles. The number of terminal acetylenes is 1. The van der Waals surface area contributed by atoms with Gasteiger partial charge in [0.25, 0.3) is 5.91 Å². The van der Waals surface area contributed by atoms with Gasteiger partial charge in [0.2, 0.25) is 0 Å². The number of hydrogen-bond acceptors (Lipinski definition) is 3. The minimum Gasteiger partial charge on any atom is -0.508 e. The molecule has 0 unspecified atom stereocenters. The molecule has 78 valence electrons. The van der Waals surface area contributed by atoms with Crippen LogP contribution in [0.5, 0.6) is 11.5 Å². The van der Waals surface area contributed by atoms with Gasteiger partial charge in [-0.25, -0.2) is 0 Å². The molecule has 4 heteroatoms. The number of nitrogens with one attached hydrogen (secondary N) is 1. The largest absolute Gasteiger partial charge is 0.508 e. The van der Waals surface area contributed by atoms with Gasteiger partial charge >= 0.3 is 0 Å². The second kappa shape index (κ2) is 5.55. The van der Waals surface area contributed by atoms with E-state index in [1.165, 1.54) is 12.1 Å². The monoisotopic (exact) mass is 205 g/mol. The van der Waals surface area contributed by atoms with Crippen LogP contribution in [0.25, 0.3) is 0 Å². The number of phenolic OH excluding ortho intramolecular Hbond substituents is 1. The highest BCUT2D eigenvalue weighted by Gasteiger charge is 2.01. The Morgan fingerprint density at radius 2 is 2.40 bits per heavy atom. The fraction of sp³-hybridized carbons (Fsp3) is 0.182. The third-order valence-corrected chi connectivity index (χ3v) is 1.58. The Hall–Kier alpha value is -2.15. The van der Waals surface area contributed by atoms with E-state index in [1.807, 2.05) is 0 Å². The number of benzene rings is 1. The van der Waals surface area contributed by atoms with Crippen molar-refractivity contribution in [2.24, 2.45) is 0 Å². The van der Waals surface area contributed by atoms with Crippen molar-refractivity contribution < 1.29 is 14.6 Å². The minimum atomic E-state index is -0.295. The molecule has 0 spiro atoms. The molecule has 1 amide bonds. The van der Waals surface area contributed by atoms with Crippen LogP contribution in [0.15, 0.2) is 24.3 Å². The molecule has 4 nitrogen and oxygen atoms in total.